The summed E-state index contributed by atoms with van der Waals surface area (Å²) in [6.45, 7) is 0.897. The fraction of sp³-hybridized carbons (Fsp3) is 0.200. The Labute approximate surface area is 192 Å². The number of hydrogen-bond acceptors (Lipinski definition) is 2. The van der Waals surface area contributed by atoms with Gasteiger partial charge in [0, 0.05) is 18.5 Å². The summed E-state index contributed by atoms with van der Waals surface area (Å²) in [6, 6.07) is 43.4. The minimum atomic E-state index is 0.326. The second-order valence-electron chi connectivity index (χ2n) is 8.31. The third-order valence-electron chi connectivity index (χ3n) is 5.92. The molecule has 2 heteroatoms. The van der Waals surface area contributed by atoms with Crippen LogP contribution in [0.4, 0.5) is 0 Å². The van der Waals surface area contributed by atoms with Crippen molar-refractivity contribution in [1.29, 1.82) is 0 Å². The molecule has 0 unspecified atom stereocenters. The van der Waals surface area contributed by atoms with Gasteiger partial charge in [-0.2, -0.15) is 0 Å². The number of rotatable bonds is 11. The van der Waals surface area contributed by atoms with E-state index in [4.69, 9.17) is 0 Å². The topological polar surface area (TPSA) is 24.1 Å². The molecule has 162 valence electrons. The third kappa shape index (κ3) is 6.65. The molecule has 4 rings (SSSR count). The van der Waals surface area contributed by atoms with Gasteiger partial charge >= 0.3 is 0 Å². The first-order chi connectivity index (χ1) is 15.9. The van der Waals surface area contributed by atoms with E-state index in [1.807, 2.05) is 0 Å². The predicted octanol–water partition coefficient (Wildman–Crippen LogP) is 6.16. The van der Waals surface area contributed by atoms with Crippen molar-refractivity contribution in [2.24, 2.45) is 0 Å². The zero-order valence-electron chi connectivity index (χ0n) is 18.5. The molecule has 4 aromatic rings. The third-order valence-corrected chi connectivity index (χ3v) is 5.92. The van der Waals surface area contributed by atoms with E-state index >= 15 is 0 Å². The van der Waals surface area contributed by atoms with Crippen molar-refractivity contribution in [2.45, 2.75) is 31.2 Å². The number of nitrogens with one attached hydrogen (secondary N) is 2. The summed E-state index contributed by atoms with van der Waals surface area (Å²) in [7, 11) is 0. The van der Waals surface area contributed by atoms with Gasteiger partial charge in [-0.1, -0.05) is 121 Å². The lowest BCUT2D eigenvalue weighted by molar-refractivity contribution is 0.414. The fourth-order valence-electron chi connectivity index (χ4n) is 4.30. The van der Waals surface area contributed by atoms with Crippen LogP contribution < -0.4 is 10.9 Å². The first-order valence-electron chi connectivity index (χ1n) is 11.5. The van der Waals surface area contributed by atoms with Gasteiger partial charge < -0.3 is 0 Å². The maximum absolute atomic E-state index is 3.63. The summed E-state index contributed by atoms with van der Waals surface area (Å²) in [5.41, 5.74) is 12.6. The molecule has 0 heterocycles. The highest BCUT2D eigenvalue weighted by atomic mass is 15.4. The van der Waals surface area contributed by atoms with Crippen LogP contribution in [0.15, 0.2) is 121 Å². The van der Waals surface area contributed by atoms with Gasteiger partial charge in [-0.3, -0.25) is 10.9 Å². The van der Waals surface area contributed by atoms with Crippen molar-refractivity contribution < 1.29 is 0 Å². The highest BCUT2D eigenvalue weighted by molar-refractivity contribution is 5.32. The molecule has 0 fully saturated rings. The van der Waals surface area contributed by atoms with Crippen LogP contribution in [-0.2, 0) is 12.8 Å². The van der Waals surface area contributed by atoms with Crippen LogP contribution in [0.3, 0.4) is 0 Å². The second kappa shape index (κ2) is 12.0. The summed E-state index contributed by atoms with van der Waals surface area (Å²) in [5, 5.41) is 0. The second-order valence-corrected chi connectivity index (χ2v) is 8.31. The van der Waals surface area contributed by atoms with E-state index < -0.39 is 0 Å². The average Bonchev–Trinajstić information content (AvgIpc) is 2.86. The smallest absolute Gasteiger partial charge is 0.0293 e. The van der Waals surface area contributed by atoms with Gasteiger partial charge in [-0.05, 0) is 41.5 Å². The summed E-state index contributed by atoms with van der Waals surface area (Å²) < 4.78 is 0. The zero-order valence-corrected chi connectivity index (χ0v) is 18.5. The molecule has 2 N–H and O–H groups in total. The molecule has 0 spiro atoms. The van der Waals surface area contributed by atoms with Crippen molar-refractivity contribution >= 4 is 0 Å². The van der Waals surface area contributed by atoms with Crippen LogP contribution in [0.25, 0.3) is 0 Å². The van der Waals surface area contributed by atoms with Crippen LogP contribution in [0.5, 0.6) is 0 Å². The molecular formula is C30H32N2. The first-order valence-corrected chi connectivity index (χ1v) is 11.5. The monoisotopic (exact) mass is 420 g/mol. The number of hydrogen-bond donors (Lipinski definition) is 2. The molecule has 0 atom stereocenters. The van der Waals surface area contributed by atoms with Crippen molar-refractivity contribution in [3.05, 3.63) is 144 Å². The molecule has 0 saturated carbocycles. The molecule has 4 aromatic carbocycles. The molecule has 0 aliphatic rings. The Morgan fingerprint density at radius 2 is 0.906 bits per heavy atom. The fourth-order valence-corrected chi connectivity index (χ4v) is 4.30. The lowest BCUT2D eigenvalue weighted by Gasteiger charge is -2.22. The summed E-state index contributed by atoms with van der Waals surface area (Å²) in [6.07, 6.45) is 3.01. The molecular weight excluding hydrogens is 388 g/mol. The van der Waals surface area contributed by atoms with E-state index in [-0.39, 0.29) is 0 Å². The Balaban J connectivity index is 1.38. The van der Waals surface area contributed by atoms with Gasteiger partial charge in [0.1, 0.15) is 0 Å². The lowest BCUT2D eigenvalue weighted by atomic mass is 9.89. The largest absolute Gasteiger partial charge is 0.258 e. The highest BCUT2D eigenvalue weighted by Gasteiger charge is 2.14. The van der Waals surface area contributed by atoms with Crippen molar-refractivity contribution in [2.75, 3.05) is 6.54 Å². The molecule has 0 amide bonds. The van der Waals surface area contributed by atoms with Crippen molar-refractivity contribution in [3.8, 4) is 0 Å². The lowest BCUT2D eigenvalue weighted by Crippen LogP contribution is -2.44. The quantitative estimate of drug-likeness (QED) is 0.224. The van der Waals surface area contributed by atoms with Crippen LogP contribution in [-0.4, -0.2) is 12.6 Å². The zero-order chi connectivity index (χ0) is 21.8. The minimum Gasteiger partial charge on any atom is -0.258 e. The van der Waals surface area contributed by atoms with E-state index in [0.29, 0.717) is 12.0 Å². The number of benzene rings is 4. The van der Waals surface area contributed by atoms with Gasteiger partial charge in [-0.25, -0.2) is 0 Å². The van der Waals surface area contributed by atoms with Crippen LogP contribution in [0.2, 0.25) is 0 Å². The van der Waals surface area contributed by atoms with Gasteiger partial charge in [0.2, 0.25) is 0 Å². The summed E-state index contributed by atoms with van der Waals surface area (Å²) >= 11 is 0. The van der Waals surface area contributed by atoms with E-state index in [1.54, 1.807) is 0 Å². The van der Waals surface area contributed by atoms with Gasteiger partial charge in [0.25, 0.3) is 0 Å². The Bertz CT molecular complexity index is 936. The normalized spacial score (nSPS) is 11.2. The molecule has 0 saturated heterocycles. The molecule has 0 aromatic heterocycles. The Morgan fingerprint density at radius 1 is 0.500 bits per heavy atom. The standard InChI is InChI=1S/C30H32N2/c1-5-13-25(14-6-1)23-29(24-26-15-7-2-8-16-26)32-31-22-21-30(27-17-9-3-10-18-27)28-19-11-4-12-20-28/h1-20,29-32H,21-24H2. The Hall–Kier alpha value is -3.20. The summed E-state index contributed by atoms with van der Waals surface area (Å²) in [5.74, 6) is 0.383. The van der Waals surface area contributed by atoms with E-state index in [2.05, 4.69) is 132 Å². The summed E-state index contributed by atoms with van der Waals surface area (Å²) in [4.78, 5) is 0. The molecule has 2 nitrogen and oxygen atoms in total. The van der Waals surface area contributed by atoms with Crippen molar-refractivity contribution in [1.82, 2.24) is 10.9 Å². The maximum atomic E-state index is 3.63. The average molecular weight is 421 g/mol. The SMILES string of the molecule is c1ccc(CC(Cc2ccccc2)NNCCC(c2ccccc2)c2ccccc2)cc1. The highest BCUT2D eigenvalue weighted by Crippen LogP contribution is 2.27. The molecule has 0 radical (unpaired) electrons. The predicted molar refractivity (Wildman–Crippen MR) is 135 cm³/mol. The Morgan fingerprint density at radius 3 is 1.34 bits per heavy atom. The van der Waals surface area contributed by atoms with E-state index in [1.165, 1.54) is 22.3 Å². The van der Waals surface area contributed by atoms with Crippen LogP contribution in [0.1, 0.15) is 34.6 Å². The minimum absolute atomic E-state index is 0.326. The van der Waals surface area contributed by atoms with E-state index in [0.717, 1.165) is 25.8 Å². The van der Waals surface area contributed by atoms with Crippen LogP contribution in [0, 0.1) is 0 Å². The van der Waals surface area contributed by atoms with Gasteiger partial charge in [0.05, 0.1) is 0 Å². The molecule has 0 aliphatic carbocycles. The van der Waals surface area contributed by atoms with Gasteiger partial charge in [0.15, 0.2) is 0 Å². The maximum Gasteiger partial charge on any atom is 0.0293 e. The van der Waals surface area contributed by atoms with Gasteiger partial charge in [-0.15, -0.1) is 0 Å². The Kier molecular flexibility index (Phi) is 8.25. The van der Waals surface area contributed by atoms with E-state index in [9.17, 15) is 0 Å². The molecule has 0 bridgehead atoms. The van der Waals surface area contributed by atoms with Crippen molar-refractivity contribution in [3.63, 3.8) is 0 Å². The van der Waals surface area contributed by atoms with Crippen LogP contribution >= 0.6 is 0 Å². The molecule has 0 aliphatic heterocycles. The molecule has 32 heavy (non-hydrogen) atoms. The first kappa shape index (κ1) is 22.0. The number of hydrazine groups is 1.